The molecule has 6 nitrogen and oxygen atoms in total. The molecule has 186 valence electrons. The average molecular weight is 490 g/mol. The molecule has 0 bridgehead atoms. The molecule has 1 unspecified atom stereocenters. The van der Waals surface area contributed by atoms with Crippen LogP contribution in [0.15, 0.2) is 102 Å². The summed E-state index contributed by atoms with van der Waals surface area (Å²) in [5.74, 6) is 0.792. The van der Waals surface area contributed by atoms with Crippen molar-refractivity contribution < 1.29 is 4.79 Å². The van der Waals surface area contributed by atoms with E-state index >= 15 is 0 Å². The van der Waals surface area contributed by atoms with Crippen LogP contribution in [0.25, 0.3) is 16.9 Å². The Balaban J connectivity index is 1.36. The molecule has 1 aliphatic carbocycles. The summed E-state index contributed by atoms with van der Waals surface area (Å²) in [4.78, 5) is 19.8. The van der Waals surface area contributed by atoms with Crippen molar-refractivity contribution in [2.24, 2.45) is 0 Å². The summed E-state index contributed by atoms with van der Waals surface area (Å²) in [6.45, 7) is 6.14. The molecule has 2 aromatic heterocycles. The molecule has 0 saturated carbocycles. The van der Waals surface area contributed by atoms with Crippen molar-refractivity contribution in [1.29, 1.82) is 0 Å². The zero-order valence-corrected chi connectivity index (χ0v) is 21.6. The Labute approximate surface area is 217 Å². The third kappa shape index (κ3) is 5.23. The Bertz CT molecular complexity index is 1530. The van der Waals surface area contributed by atoms with Crippen LogP contribution in [0.3, 0.4) is 0 Å². The molecular weight excluding hydrogens is 458 g/mol. The summed E-state index contributed by atoms with van der Waals surface area (Å²) in [5.41, 5.74) is 7.53. The molecular formula is C31H31N5O. The van der Waals surface area contributed by atoms with E-state index in [4.69, 9.17) is 4.98 Å². The van der Waals surface area contributed by atoms with E-state index in [0.717, 1.165) is 46.1 Å². The Kier molecular flexibility index (Phi) is 6.73. The van der Waals surface area contributed by atoms with E-state index in [0.29, 0.717) is 5.56 Å². The number of rotatable bonds is 6. The predicted octanol–water partition coefficient (Wildman–Crippen LogP) is 6.74. The number of aryl methyl sites for hydroxylation is 1. The number of anilines is 2. The SMILES string of the molecule is CC1=CC=CC(C(C)N(C)C(=O)c2ccc(Nc3cc(-c4ccccc4)nc4cc(C)nn34)cc2)=CC1. The molecule has 0 saturated heterocycles. The highest BCUT2D eigenvalue weighted by Gasteiger charge is 2.20. The van der Waals surface area contributed by atoms with Crippen LogP contribution < -0.4 is 5.32 Å². The standard InChI is InChI=1S/C31H31N5O/c1-21-9-8-12-24(14-13-21)23(3)35(4)31(37)26-15-17-27(18-16-26)32-30-20-28(25-10-6-5-7-11-25)33-29-19-22(2)34-36(29)30/h5-12,14-20,23,32H,13H2,1-4H3. The topological polar surface area (TPSA) is 62.5 Å². The quantitative estimate of drug-likeness (QED) is 0.326. The first-order chi connectivity index (χ1) is 17.9. The van der Waals surface area contributed by atoms with Crippen molar-refractivity contribution in [2.75, 3.05) is 12.4 Å². The number of carbonyl (C=O) groups is 1. The second kappa shape index (κ2) is 10.3. The first-order valence-corrected chi connectivity index (χ1v) is 12.5. The molecule has 1 N–H and O–H groups in total. The number of fused-ring (bicyclic) bond motifs is 1. The molecule has 1 atom stereocenters. The molecule has 4 aromatic rings. The summed E-state index contributed by atoms with van der Waals surface area (Å²) >= 11 is 0. The number of hydrogen-bond donors (Lipinski definition) is 1. The minimum atomic E-state index is -0.0228. The number of carbonyl (C=O) groups excluding carboxylic acids is 1. The lowest BCUT2D eigenvalue weighted by Crippen LogP contribution is -2.36. The fourth-order valence-electron chi connectivity index (χ4n) is 4.43. The van der Waals surface area contributed by atoms with Crippen molar-refractivity contribution in [3.8, 4) is 11.3 Å². The monoisotopic (exact) mass is 489 g/mol. The second-order valence-corrected chi connectivity index (χ2v) is 9.52. The second-order valence-electron chi connectivity index (χ2n) is 9.52. The Hall–Kier alpha value is -4.45. The van der Waals surface area contributed by atoms with E-state index in [1.165, 1.54) is 5.57 Å². The Morgan fingerprint density at radius 2 is 1.81 bits per heavy atom. The maximum Gasteiger partial charge on any atom is 0.254 e. The minimum Gasteiger partial charge on any atom is -0.340 e. The fraction of sp³-hybridized carbons (Fsp3) is 0.194. The average Bonchev–Trinajstić information content (AvgIpc) is 3.16. The molecule has 6 heteroatoms. The van der Waals surface area contributed by atoms with Gasteiger partial charge in [-0.25, -0.2) is 4.98 Å². The van der Waals surface area contributed by atoms with Crippen molar-refractivity contribution in [2.45, 2.75) is 33.2 Å². The van der Waals surface area contributed by atoms with Crippen LogP contribution in [-0.4, -0.2) is 38.5 Å². The molecule has 0 radical (unpaired) electrons. The van der Waals surface area contributed by atoms with Gasteiger partial charge in [0.05, 0.1) is 17.4 Å². The largest absolute Gasteiger partial charge is 0.340 e. The maximum absolute atomic E-state index is 13.2. The van der Waals surface area contributed by atoms with Crippen LogP contribution in [0.4, 0.5) is 11.5 Å². The minimum absolute atomic E-state index is 0.0114. The molecule has 1 amide bonds. The van der Waals surface area contributed by atoms with E-state index < -0.39 is 0 Å². The van der Waals surface area contributed by atoms with Crippen LogP contribution in [0, 0.1) is 6.92 Å². The van der Waals surface area contributed by atoms with Crippen molar-refractivity contribution in [1.82, 2.24) is 19.5 Å². The number of benzene rings is 2. The van der Waals surface area contributed by atoms with Gasteiger partial charge in [-0.15, -0.1) is 0 Å². The van der Waals surface area contributed by atoms with Gasteiger partial charge in [-0.3, -0.25) is 4.79 Å². The molecule has 0 fully saturated rings. The van der Waals surface area contributed by atoms with E-state index in [9.17, 15) is 4.79 Å². The van der Waals surface area contributed by atoms with Gasteiger partial charge < -0.3 is 10.2 Å². The lowest BCUT2D eigenvalue weighted by Gasteiger charge is -2.26. The zero-order valence-electron chi connectivity index (χ0n) is 21.6. The number of nitrogens with one attached hydrogen (secondary N) is 1. The smallest absolute Gasteiger partial charge is 0.254 e. The molecule has 2 aromatic carbocycles. The number of nitrogens with zero attached hydrogens (tertiary/aromatic N) is 4. The number of hydrogen-bond acceptors (Lipinski definition) is 4. The van der Waals surface area contributed by atoms with Gasteiger partial charge in [0.15, 0.2) is 5.65 Å². The number of amides is 1. The molecule has 0 aliphatic heterocycles. The summed E-state index contributed by atoms with van der Waals surface area (Å²) in [6, 6.07) is 21.6. The third-order valence-electron chi connectivity index (χ3n) is 6.74. The summed E-state index contributed by atoms with van der Waals surface area (Å²) in [7, 11) is 1.86. The summed E-state index contributed by atoms with van der Waals surface area (Å²) in [5, 5.41) is 8.07. The number of aromatic nitrogens is 3. The number of allylic oxidation sites excluding steroid dienone is 4. The van der Waals surface area contributed by atoms with Gasteiger partial charge in [-0.2, -0.15) is 9.61 Å². The van der Waals surface area contributed by atoms with Crippen LogP contribution >= 0.6 is 0 Å². The molecule has 0 spiro atoms. The first-order valence-electron chi connectivity index (χ1n) is 12.5. The van der Waals surface area contributed by atoms with Crippen LogP contribution in [0.5, 0.6) is 0 Å². The lowest BCUT2D eigenvalue weighted by atomic mass is 10.0. The molecule has 5 rings (SSSR count). The molecule has 1 aliphatic rings. The van der Waals surface area contributed by atoms with Crippen molar-refractivity contribution in [3.05, 3.63) is 113 Å². The van der Waals surface area contributed by atoms with Gasteiger partial charge in [0.2, 0.25) is 0 Å². The van der Waals surface area contributed by atoms with E-state index in [2.05, 4.69) is 48.6 Å². The Morgan fingerprint density at radius 3 is 2.57 bits per heavy atom. The zero-order chi connectivity index (χ0) is 25.9. The highest BCUT2D eigenvalue weighted by molar-refractivity contribution is 5.95. The number of likely N-dealkylation sites (N-methyl/N-ethyl adjacent to an activating group) is 1. The molecule has 2 heterocycles. The highest BCUT2D eigenvalue weighted by Crippen LogP contribution is 2.26. The highest BCUT2D eigenvalue weighted by atomic mass is 16.2. The van der Waals surface area contributed by atoms with Crippen LogP contribution in [0.1, 0.15) is 36.3 Å². The van der Waals surface area contributed by atoms with Gasteiger partial charge >= 0.3 is 0 Å². The van der Waals surface area contributed by atoms with E-state index in [1.807, 2.05) is 80.7 Å². The maximum atomic E-state index is 13.2. The lowest BCUT2D eigenvalue weighted by molar-refractivity contribution is 0.0765. The predicted molar refractivity (Wildman–Crippen MR) is 150 cm³/mol. The van der Waals surface area contributed by atoms with Crippen molar-refractivity contribution >= 4 is 23.1 Å². The summed E-state index contributed by atoms with van der Waals surface area (Å²) < 4.78 is 1.81. The normalized spacial score (nSPS) is 14.1. The van der Waals surface area contributed by atoms with E-state index in [1.54, 1.807) is 9.42 Å². The molecule has 37 heavy (non-hydrogen) atoms. The van der Waals surface area contributed by atoms with Gasteiger partial charge in [0.1, 0.15) is 5.82 Å². The Morgan fingerprint density at radius 1 is 1.05 bits per heavy atom. The third-order valence-corrected chi connectivity index (χ3v) is 6.74. The van der Waals surface area contributed by atoms with Gasteiger partial charge in [0.25, 0.3) is 5.91 Å². The summed E-state index contributed by atoms with van der Waals surface area (Å²) in [6.07, 6.45) is 9.37. The van der Waals surface area contributed by atoms with Gasteiger partial charge in [-0.1, -0.05) is 60.2 Å². The van der Waals surface area contributed by atoms with Crippen molar-refractivity contribution in [3.63, 3.8) is 0 Å². The van der Waals surface area contributed by atoms with Crippen LogP contribution in [-0.2, 0) is 0 Å². The van der Waals surface area contributed by atoms with E-state index in [-0.39, 0.29) is 11.9 Å². The van der Waals surface area contributed by atoms with Gasteiger partial charge in [0, 0.05) is 36.0 Å². The van der Waals surface area contributed by atoms with Crippen LogP contribution in [0.2, 0.25) is 0 Å². The first kappa shape index (κ1) is 24.3. The fourth-order valence-corrected chi connectivity index (χ4v) is 4.43. The van der Waals surface area contributed by atoms with Gasteiger partial charge in [-0.05, 0) is 57.0 Å².